The third kappa shape index (κ3) is 4.59. The molecule has 1 aromatic rings. The first-order valence-electron chi connectivity index (χ1n) is 5.30. The molecule has 1 rings (SSSR count). The van der Waals surface area contributed by atoms with Gasteiger partial charge in [0.1, 0.15) is 0 Å². The summed E-state index contributed by atoms with van der Waals surface area (Å²) in [5.74, 6) is 0. The fourth-order valence-corrected chi connectivity index (χ4v) is 1.47. The zero-order chi connectivity index (χ0) is 12.0. The summed E-state index contributed by atoms with van der Waals surface area (Å²) in [6, 6.07) is 8.56. The number of benzene rings is 1. The second kappa shape index (κ2) is 6.45. The Kier molecular flexibility index (Phi) is 5.22. The molecule has 0 fully saturated rings. The van der Waals surface area contributed by atoms with E-state index in [9.17, 15) is 0 Å². The molecule has 4 heteroatoms. The van der Waals surface area contributed by atoms with Gasteiger partial charge in [0.25, 0.3) is 0 Å². The van der Waals surface area contributed by atoms with Crippen LogP contribution in [0.3, 0.4) is 0 Å². The average molecular weight is 237 g/mol. The van der Waals surface area contributed by atoms with Gasteiger partial charge in [-0.1, -0.05) is 24.3 Å². The number of hydrogen-bond donors (Lipinski definition) is 2. The second-order valence-electron chi connectivity index (χ2n) is 3.99. The minimum absolute atomic E-state index is 0.678. The molecule has 0 atom stereocenters. The first-order chi connectivity index (χ1) is 7.61. The van der Waals surface area contributed by atoms with Gasteiger partial charge in [0.05, 0.1) is 0 Å². The lowest BCUT2D eigenvalue weighted by Crippen LogP contribution is -2.31. The van der Waals surface area contributed by atoms with Crippen LogP contribution in [0.2, 0.25) is 0 Å². The average Bonchev–Trinajstić information content (AvgIpc) is 2.27. The van der Waals surface area contributed by atoms with E-state index in [4.69, 9.17) is 12.2 Å². The van der Waals surface area contributed by atoms with Crippen LogP contribution in [0.15, 0.2) is 24.3 Å². The van der Waals surface area contributed by atoms with Crippen LogP contribution < -0.4 is 10.6 Å². The molecule has 0 amide bonds. The lowest BCUT2D eigenvalue weighted by molar-refractivity contribution is 0.402. The van der Waals surface area contributed by atoms with E-state index in [0.29, 0.717) is 5.11 Å². The standard InChI is InChI=1S/C12H19N3S/c1-13-12(16)14-8-10-4-6-11(7-5-10)9-15(2)3/h4-7H,8-9H2,1-3H3,(H2,13,14,16). The molecule has 88 valence electrons. The van der Waals surface area contributed by atoms with Crippen LogP contribution in [0.4, 0.5) is 0 Å². The number of hydrogen-bond acceptors (Lipinski definition) is 2. The highest BCUT2D eigenvalue weighted by atomic mass is 32.1. The van der Waals surface area contributed by atoms with Crippen molar-refractivity contribution < 1.29 is 0 Å². The summed E-state index contributed by atoms with van der Waals surface area (Å²) in [4.78, 5) is 2.16. The predicted molar refractivity (Wildman–Crippen MR) is 72.3 cm³/mol. The number of nitrogens with zero attached hydrogens (tertiary/aromatic N) is 1. The number of nitrogens with one attached hydrogen (secondary N) is 2. The Hall–Kier alpha value is -1.13. The first kappa shape index (κ1) is 12.9. The molecule has 1 aromatic carbocycles. The molecule has 0 spiro atoms. The van der Waals surface area contributed by atoms with Crippen molar-refractivity contribution in [3.8, 4) is 0 Å². The quantitative estimate of drug-likeness (QED) is 0.773. The summed E-state index contributed by atoms with van der Waals surface area (Å²) in [6.45, 7) is 1.74. The summed E-state index contributed by atoms with van der Waals surface area (Å²) >= 11 is 5.01. The van der Waals surface area contributed by atoms with Gasteiger partial charge in [-0.3, -0.25) is 0 Å². The van der Waals surface area contributed by atoms with Crippen molar-refractivity contribution in [2.45, 2.75) is 13.1 Å². The third-order valence-corrected chi connectivity index (χ3v) is 2.55. The van der Waals surface area contributed by atoms with Crippen molar-refractivity contribution in [2.75, 3.05) is 21.1 Å². The van der Waals surface area contributed by atoms with Gasteiger partial charge in [-0.25, -0.2) is 0 Å². The molecule has 0 aliphatic heterocycles. The fourth-order valence-electron chi connectivity index (χ4n) is 1.40. The molecule has 0 aromatic heterocycles. The van der Waals surface area contributed by atoms with E-state index in [2.05, 4.69) is 53.9 Å². The highest BCUT2D eigenvalue weighted by Gasteiger charge is 1.97. The molecule has 3 nitrogen and oxygen atoms in total. The van der Waals surface area contributed by atoms with Crippen LogP contribution in [0.1, 0.15) is 11.1 Å². The van der Waals surface area contributed by atoms with E-state index >= 15 is 0 Å². The topological polar surface area (TPSA) is 27.3 Å². The summed E-state index contributed by atoms with van der Waals surface area (Å²) in [6.07, 6.45) is 0. The van der Waals surface area contributed by atoms with E-state index < -0.39 is 0 Å². The SMILES string of the molecule is CNC(=S)NCc1ccc(CN(C)C)cc1. The van der Waals surface area contributed by atoms with Crippen LogP contribution >= 0.6 is 12.2 Å². The highest BCUT2D eigenvalue weighted by Crippen LogP contribution is 2.05. The normalized spacial score (nSPS) is 10.2. The number of thiocarbonyl (C=S) groups is 1. The zero-order valence-corrected chi connectivity index (χ0v) is 10.9. The van der Waals surface area contributed by atoms with Crippen molar-refractivity contribution in [3.05, 3.63) is 35.4 Å². The van der Waals surface area contributed by atoms with Gasteiger partial charge in [0.2, 0.25) is 0 Å². The van der Waals surface area contributed by atoms with Crippen molar-refractivity contribution in [3.63, 3.8) is 0 Å². The Labute approximate surface area is 103 Å². The Balaban J connectivity index is 2.48. The van der Waals surface area contributed by atoms with Crippen molar-refractivity contribution in [2.24, 2.45) is 0 Å². The summed E-state index contributed by atoms with van der Waals surface area (Å²) in [5, 5.41) is 6.68. The summed E-state index contributed by atoms with van der Waals surface area (Å²) in [7, 11) is 5.96. The second-order valence-corrected chi connectivity index (χ2v) is 4.40. The molecule has 2 N–H and O–H groups in total. The van der Waals surface area contributed by atoms with Gasteiger partial charge in [-0.15, -0.1) is 0 Å². The monoisotopic (exact) mass is 237 g/mol. The van der Waals surface area contributed by atoms with Crippen LogP contribution in [-0.4, -0.2) is 31.2 Å². The van der Waals surface area contributed by atoms with Gasteiger partial charge in [0, 0.05) is 20.1 Å². The van der Waals surface area contributed by atoms with Gasteiger partial charge < -0.3 is 15.5 Å². The Morgan fingerprint density at radius 2 is 1.75 bits per heavy atom. The maximum absolute atomic E-state index is 5.01. The predicted octanol–water partition coefficient (Wildman–Crippen LogP) is 1.34. The Morgan fingerprint density at radius 3 is 2.25 bits per heavy atom. The summed E-state index contributed by atoms with van der Waals surface area (Å²) in [5.41, 5.74) is 2.56. The maximum atomic E-state index is 5.01. The van der Waals surface area contributed by atoms with Crippen molar-refractivity contribution in [1.29, 1.82) is 0 Å². The van der Waals surface area contributed by atoms with Gasteiger partial charge in [-0.2, -0.15) is 0 Å². The number of rotatable bonds is 4. The molecule has 0 unspecified atom stereocenters. The van der Waals surface area contributed by atoms with Gasteiger partial charge >= 0.3 is 0 Å². The van der Waals surface area contributed by atoms with Crippen molar-refractivity contribution in [1.82, 2.24) is 15.5 Å². The largest absolute Gasteiger partial charge is 0.366 e. The van der Waals surface area contributed by atoms with Crippen LogP contribution in [0, 0.1) is 0 Å². The molecule has 0 bridgehead atoms. The molecule has 0 saturated carbocycles. The Bertz CT molecular complexity index is 333. The molecule has 0 heterocycles. The first-order valence-corrected chi connectivity index (χ1v) is 5.71. The van der Waals surface area contributed by atoms with Crippen LogP contribution in [-0.2, 0) is 13.1 Å². The van der Waals surface area contributed by atoms with E-state index in [0.717, 1.165) is 13.1 Å². The molecule has 16 heavy (non-hydrogen) atoms. The van der Waals surface area contributed by atoms with Gasteiger partial charge in [-0.05, 0) is 37.4 Å². The minimum Gasteiger partial charge on any atom is -0.366 e. The summed E-state index contributed by atoms with van der Waals surface area (Å²) < 4.78 is 0. The van der Waals surface area contributed by atoms with E-state index in [1.807, 2.05) is 7.05 Å². The van der Waals surface area contributed by atoms with E-state index in [1.165, 1.54) is 11.1 Å². The Morgan fingerprint density at radius 1 is 1.19 bits per heavy atom. The van der Waals surface area contributed by atoms with E-state index in [1.54, 1.807) is 0 Å². The van der Waals surface area contributed by atoms with Gasteiger partial charge in [0.15, 0.2) is 5.11 Å². The molecule has 0 aliphatic rings. The minimum atomic E-state index is 0.678. The highest BCUT2D eigenvalue weighted by molar-refractivity contribution is 7.80. The van der Waals surface area contributed by atoms with Crippen molar-refractivity contribution >= 4 is 17.3 Å². The molecule has 0 saturated heterocycles. The molecular formula is C12H19N3S. The van der Waals surface area contributed by atoms with E-state index in [-0.39, 0.29) is 0 Å². The smallest absolute Gasteiger partial charge is 0.166 e. The maximum Gasteiger partial charge on any atom is 0.166 e. The fraction of sp³-hybridized carbons (Fsp3) is 0.417. The third-order valence-electron chi connectivity index (χ3n) is 2.20. The van der Waals surface area contributed by atoms with Crippen LogP contribution in [0.25, 0.3) is 0 Å². The molecule has 0 radical (unpaired) electrons. The molecular weight excluding hydrogens is 218 g/mol. The lowest BCUT2D eigenvalue weighted by Gasteiger charge is -2.11. The lowest BCUT2D eigenvalue weighted by atomic mass is 10.1. The van der Waals surface area contributed by atoms with Crippen LogP contribution in [0.5, 0.6) is 0 Å². The zero-order valence-electron chi connectivity index (χ0n) is 10.1. The molecule has 0 aliphatic carbocycles.